The fraction of sp³-hybridized carbons (Fsp3) is 0.364. The highest BCUT2D eigenvalue weighted by Gasteiger charge is 2.13. The SMILES string of the molecule is C=C(C)c1cccc(CN(C)Cc2ccc(C(C)(C)C)cc2)c1.Cl. The minimum Gasteiger partial charge on any atom is -0.298 e. The highest BCUT2D eigenvalue weighted by Crippen LogP contribution is 2.22. The quantitative estimate of drug-likeness (QED) is 0.636. The van der Waals surface area contributed by atoms with Gasteiger partial charge in [0.1, 0.15) is 0 Å². The normalized spacial score (nSPS) is 11.2. The summed E-state index contributed by atoms with van der Waals surface area (Å²) in [6.45, 7) is 14.7. The van der Waals surface area contributed by atoms with Crippen molar-refractivity contribution in [3.8, 4) is 0 Å². The number of halogens is 1. The minimum absolute atomic E-state index is 0. The summed E-state index contributed by atoms with van der Waals surface area (Å²) >= 11 is 0. The molecule has 0 aliphatic rings. The van der Waals surface area contributed by atoms with E-state index in [1.54, 1.807) is 0 Å². The van der Waals surface area contributed by atoms with Crippen LogP contribution in [-0.4, -0.2) is 11.9 Å². The summed E-state index contributed by atoms with van der Waals surface area (Å²) in [7, 11) is 2.17. The lowest BCUT2D eigenvalue weighted by Crippen LogP contribution is -2.17. The van der Waals surface area contributed by atoms with E-state index in [1.165, 1.54) is 22.3 Å². The molecule has 2 aromatic rings. The van der Waals surface area contributed by atoms with Crippen molar-refractivity contribution in [2.24, 2.45) is 0 Å². The summed E-state index contributed by atoms with van der Waals surface area (Å²) in [6.07, 6.45) is 0. The van der Waals surface area contributed by atoms with Crippen molar-refractivity contribution in [2.45, 2.75) is 46.2 Å². The maximum Gasteiger partial charge on any atom is 0.0234 e. The topological polar surface area (TPSA) is 3.24 Å². The molecule has 2 rings (SSSR count). The Bertz CT molecular complexity index is 665. The van der Waals surface area contributed by atoms with Gasteiger partial charge in [-0.2, -0.15) is 0 Å². The second-order valence-corrected chi connectivity index (χ2v) is 7.60. The van der Waals surface area contributed by atoms with Crippen molar-refractivity contribution < 1.29 is 0 Å². The second kappa shape index (κ2) is 8.50. The largest absolute Gasteiger partial charge is 0.298 e. The molecule has 0 N–H and O–H groups in total. The van der Waals surface area contributed by atoms with Crippen molar-refractivity contribution in [3.05, 3.63) is 77.4 Å². The van der Waals surface area contributed by atoms with Gasteiger partial charge in [0.25, 0.3) is 0 Å². The van der Waals surface area contributed by atoms with Crippen LogP contribution in [0.1, 0.15) is 49.9 Å². The van der Waals surface area contributed by atoms with Crippen LogP contribution in [0.15, 0.2) is 55.1 Å². The van der Waals surface area contributed by atoms with Crippen molar-refractivity contribution in [1.29, 1.82) is 0 Å². The first-order valence-electron chi connectivity index (χ1n) is 8.28. The van der Waals surface area contributed by atoms with Gasteiger partial charge in [0.15, 0.2) is 0 Å². The van der Waals surface area contributed by atoms with Crippen molar-refractivity contribution in [2.75, 3.05) is 7.05 Å². The smallest absolute Gasteiger partial charge is 0.0234 e. The van der Waals surface area contributed by atoms with E-state index in [0.717, 1.165) is 18.7 Å². The number of nitrogens with zero attached hydrogens (tertiary/aromatic N) is 1. The van der Waals surface area contributed by atoms with E-state index >= 15 is 0 Å². The maximum absolute atomic E-state index is 4.03. The monoisotopic (exact) mass is 343 g/mol. The summed E-state index contributed by atoms with van der Waals surface area (Å²) in [5, 5.41) is 0. The summed E-state index contributed by atoms with van der Waals surface area (Å²) in [6, 6.07) is 17.7. The standard InChI is InChI=1S/C22H29N.ClH/c1-17(2)20-9-7-8-19(14-20)16-23(6)15-18-10-12-21(13-11-18)22(3,4)5;/h7-14H,1,15-16H2,2-6H3;1H. The highest BCUT2D eigenvalue weighted by atomic mass is 35.5. The molecule has 0 unspecified atom stereocenters. The zero-order valence-electron chi connectivity index (χ0n) is 15.6. The average Bonchev–Trinajstić information content (AvgIpc) is 2.47. The Hall–Kier alpha value is -1.57. The highest BCUT2D eigenvalue weighted by molar-refractivity contribution is 5.85. The third-order valence-electron chi connectivity index (χ3n) is 4.14. The molecule has 0 saturated heterocycles. The summed E-state index contributed by atoms with van der Waals surface area (Å²) < 4.78 is 0. The van der Waals surface area contributed by atoms with E-state index in [9.17, 15) is 0 Å². The van der Waals surface area contributed by atoms with Gasteiger partial charge in [-0.1, -0.05) is 81.5 Å². The average molecular weight is 344 g/mol. The number of allylic oxidation sites excluding steroid dienone is 1. The molecule has 0 radical (unpaired) electrons. The molecule has 0 amide bonds. The van der Waals surface area contributed by atoms with Crippen LogP contribution in [0.25, 0.3) is 5.57 Å². The first kappa shape index (κ1) is 20.5. The molecule has 0 atom stereocenters. The number of hydrogen-bond acceptors (Lipinski definition) is 1. The lowest BCUT2D eigenvalue weighted by atomic mass is 9.87. The molecule has 0 aromatic heterocycles. The van der Waals surface area contributed by atoms with Gasteiger partial charge in [-0.15, -0.1) is 12.4 Å². The number of benzene rings is 2. The van der Waals surface area contributed by atoms with E-state index in [1.807, 2.05) is 0 Å². The molecule has 0 heterocycles. The summed E-state index contributed by atoms with van der Waals surface area (Å²) in [5.41, 5.74) is 6.64. The molecule has 24 heavy (non-hydrogen) atoms. The third-order valence-corrected chi connectivity index (χ3v) is 4.14. The predicted octanol–water partition coefficient (Wildman–Crippen LogP) is 6.07. The molecule has 130 valence electrons. The molecule has 1 nitrogen and oxygen atoms in total. The lowest BCUT2D eigenvalue weighted by Gasteiger charge is -2.21. The van der Waals surface area contributed by atoms with E-state index in [0.29, 0.717) is 0 Å². The Balaban J connectivity index is 0.00000288. The molecule has 2 heteroatoms. The summed E-state index contributed by atoms with van der Waals surface area (Å²) in [5.74, 6) is 0. The van der Waals surface area contributed by atoms with Crippen LogP contribution in [-0.2, 0) is 18.5 Å². The van der Waals surface area contributed by atoms with Crippen LogP contribution in [0.5, 0.6) is 0 Å². The molecule has 0 bridgehead atoms. The molecular weight excluding hydrogens is 314 g/mol. The van der Waals surface area contributed by atoms with Gasteiger partial charge < -0.3 is 0 Å². The first-order chi connectivity index (χ1) is 10.8. The Labute approximate surface area is 153 Å². The van der Waals surface area contributed by atoms with Gasteiger partial charge >= 0.3 is 0 Å². The lowest BCUT2D eigenvalue weighted by molar-refractivity contribution is 0.319. The Morgan fingerprint density at radius 2 is 1.54 bits per heavy atom. The third kappa shape index (κ3) is 5.81. The van der Waals surface area contributed by atoms with E-state index < -0.39 is 0 Å². The van der Waals surface area contributed by atoms with Crippen LogP contribution in [0.4, 0.5) is 0 Å². The molecular formula is C22H30ClN. The Morgan fingerprint density at radius 1 is 0.958 bits per heavy atom. The molecule has 2 aromatic carbocycles. The molecule has 0 aliphatic carbocycles. The van der Waals surface area contributed by atoms with Crippen LogP contribution in [0.2, 0.25) is 0 Å². The molecule has 0 fully saturated rings. The van der Waals surface area contributed by atoms with Gasteiger partial charge in [0.05, 0.1) is 0 Å². The van der Waals surface area contributed by atoms with Crippen LogP contribution in [0, 0.1) is 0 Å². The zero-order chi connectivity index (χ0) is 17.0. The van der Waals surface area contributed by atoms with Crippen molar-refractivity contribution in [1.82, 2.24) is 4.90 Å². The van der Waals surface area contributed by atoms with E-state index in [2.05, 4.69) is 94.8 Å². The van der Waals surface area contributed by atoms with Gasteiger partial charge in [-0.25, -0.2) is 0 Å². The van der Waals surface area contributed by atoms with Gasteiger partial charge in [0, 0.05) is 13.1 Å². The van der Waals surface area contributed by atoms with Crippen LogP contribution < -0.4 is 0 Å². The Morgan fingerprint density at radius 3 is 2.08 bits per heavy atom. The first-order valence-corrected chi connectivity index (χ1v) is 8.28. The molecule has 0 spiro atoms. The number of rotatable bonds is 5. The summed E-state index contributed by atoms with van der Waals surface area (Å²) in [4.78, 5) is 2.35. The number of hydrogen-bond donors (Lipinski definition) is 0. The Kier molecular flexibility index (Phi) is 7.26. The van der Waals surface area contributed by atoms with Crippen LogP contribution in [0.3, 0.4) is 0 Å². The van der Waals surface area contributed by atoms with E-state index in [4.69, 9.17) is 0 Å². The minimum atomic E-state index is 0. The molecule has 0 saturated carbocycles. The van der Waals surface area contributed by atoms with Crippen molar-refractivity contribution in [3.63, 3.8) is 0 Å². The second-order valence-electron chi connectivity index (χ2n) is 7.60. The van der Waals surface area contributed by atoms with Gasteiger partial charge in [-0.05, 0) is 41.6 Å². The van der Waals surface area contributed by atoms with Gasteiger partial charge in [0.2, 0.25) is 0 Å². The maximum atomic E-state index is 4.03. The van der Waals surface area contributed by atoms with Crippen LogP contribution >= 0.6 is 12.4 Å². The fourth-order valence-electron chi connectivity index (χ4n) is 2.72. The molecule has 0 aliphatic heterocycles. The van der Waals surface area contributed by atoms with Crippen molar-refractivity contribution >= 4 is 18.0 Å². The van der Waals surface area contributed by atoms with E-state index in [-0.39, 0.29) is 17.8 Å². The zero-order valence-corrected chi connectivity index (χ0v) is 16.4. The predicted molar refractivity (Wildman–Crippen MR) is 109 cm³/mol. The fourth-order valence-corrected chi connectivity index (χ4v) is 2.72. The van der Waals surface area contributed by atoms with Gasteiger partial charge in [-0.3, -0.25) is 4.90 Å².